The van der Waals surface area contributed by atoms with Crippen LogP contribution in [0.25, 0.3) is 17.0 Å². The van der Waals surface area contributed by atoms with Gasteiger partial charge in [0.05, 0.1) is 18.3 Å². The molecule has 6 nitrogen and oxygen atoms in total. The number of imidazole rings is 1. The highest BCUT2D eigenvalue weighted by atomic mass is 35.5. The molecule has 4 heterocycles. The minimum absolute atomic E-state index is 0.201. The van der Waals surface area contributed by atoms with E-state index >= 15 is 0 Å². The molecule has 0 spiro atoms. The maximum Gasteiger partial charge on any atom is 0.191 e. The van der Waals surface area contributed by atoms with E-state index in [-0.39, 0.29) is 6.10 Å². The van der Waals surface area contributed by atoms with Crippen LogP contribution in [0, 0.1) is 0 Å². The Morgan fingerprint density at radius 3 is 2.83 bits per heavy atom. The number of ether oxygens (including phenoxy) is 1. The molecule has 1 aromatic carbocycles. The minimum Gasteiger partial charge on any atom is -0.376 e. The molecule has 8 heteroatoms. The fraction of sp³-hybridized carbons (Fsp3) is 0.286. The van der Waals surface area contributed by atoms with Crippen molar-refractivity contribution in [1.82, 2.24) is 24.1 Å². The van der Waals surface area contributed by atoms with Gasteiger partial charge in [0.1, 0.15) is 5.65 Å². The number of aromatic nitrogens is 5. The van der Waals surface area contributed by atoms with E-state index in [2.05, 4.69) is 25.9 Å². The Labute approximate surface area is 177 Å². The Morgan fingerprint density at radius 2 is 2.03 bits per heavy atom. The molecule has 1 aliphatic rings. The Morgan fingerprint density at radius 1 is 1.14 bits per heavy atom. The molecule has 0 bridgehead atoms. The Kier molecular flexibility index (Phi) is 5.26. The SMILES string of the molecule is Clc1ccc(-c2nnc(SCc3cn4ccccc4n3)n2C[C@H]2CCCO2)cc1. The predicted molar refractivity (Wildman–Crippen MR) is 114 cm³/mol. The third-order valence-electron chi connectivity index (χ3n) is 4.99. The van der Waals surface area contributed by atoms with Crippen molar-refractivity contribution in [3.8, 4) is 11.4 Å². The van der Waals surface area contributed by atoms with E-state index < -0.39 is 0 Å². The molecule has 1 atom stereocenters. The first-order valence-electron chi connectivity index (χ1n) is 9.62. The summed E-state index contributed by atoms with van der Waals surface area (Å²) >= 11 is 7.71. The number of halogens is 1. The van der Waals surface area contributed by atoms with Gasteiger partial charge in [-0.1, -0.05) is 29.4 Å². The lowest BCUT2D eigenvalue weighted by Crippen LogP contribution is -2.16. The molecule has 0 unspecified atom stereocenters. The van der Waals surface area contributed by atoms with Gasteiger partial charge in [0, 0.05) is 35.3 Å². The van der Waals surface area contributed by atoms with Crippen molar-refractivity contribution < 1.29 is 4.74 Å². The van der Waals surface area contributed by atoms with Gasteiger partial charge in [-0.25, -0.2) is 4.98 Å². The number of rotatable bonds is 6. The number of pyridine rings is 1. The lowest BCUT2D eigenvalue weighted by molar-refractivity contribution is 0.0953. The van der Waals surface area contributed by atoms with Crippen LogP contribution < -0.4 is 0 Å². The van der Waals surface area contributed by atoms with E-state index in [4.69, 9.17) is 16.3 Å². The average molecular weight is 426 g/mol. The third-order valence-corrected chi connectivity index (χ3v) is 6.24. The fourth-order valence-corrected chi connectivity index (χ4v) is 4.52. The zero-order valence-electron chi connectivity index (χ0n) is 15.7. The lowest BCUT2D eigenvalue weighted by atomic mass is 10.2. The molecule has 29 heavy (non-hydrogen) atoms. The van der Waals surface area contributed by atoms with Gasteiger partial charge in [-0.2, -0.15) is 0 Å². The lowest BCUT2D eigenvalue weighted by Gasteiger charge is -2.14. The largest absolute Gasteiger partial charge is 0.376 e. The molecular weight excluding hydrogens is 406 g/mol. The van der Waals surface area contributed by atoms with Gasteiger partial charge in [-0.15, -0.1) is 10.2 Å². The summed E-state index contributed by atoms with van der Waals surface area (Å²) in [6.45, 7) is 1.57. The van der Waals surface area contributed by atoms with Crippen molar-refractivity contribution in [2.45, 2.75) is 36.4 Å². The van der Waals surface area contributed by atoms with Gasteiger partial charge in [0.15, 0.2) is 11.0 Å². The van der Waals surface area contributed by atoms with Crippen molar-refractivity contribution in [3.63, 3.8) is 0 Å². The second-order valence-corrected chi connectivity index (χ2v) is 8.42. The van der Waals surface area contributed by atoms with Gasteiger partial charge >= 0.3 is 0 Å². The first-order valence-corrected chi connectivity index (χ1v) is 11.0. The monoisotopic (exact) mass is 425 g/mol. The fourth-order valence-electron chi connectivity index (χ4n) is 3.56. The summed E-state index contributed by atoms with van der Waals surface area (Å²) in [4.78, 5) is 4.68. The number of hydrogen-bond acceptors (Lipinski definition) is 5. The van der Waals surface area contributed by atoms with Crippen molar-refractivity contribution in [3.05, 3.63) is 65.6 Å². The van der Waals surface area contributed by atoms with Crippen LogP contribution in [-0.4, -0.2) is 36.9 Å². The van der Waals surface area contributed by atoms with Crippen LogP contribution in [0.3, 0.4) is 0 Å². The first-order chi connectivity index (χ1) is 14.3. The van der Waals surface area contributed by atoms with Gasteiger partial charge < -0.3 is 9.14 Å². The van der Waals surface area contributed by atoms with Crippen LogP contribution in [0.2, 0.25) is 5.02 Å². The highest BCUT2D eigenvalue weighted by Gasteiger charge is 2.22. The third kappa shape index (κ3) is 4.03. The molecule has 4 aromatic rings. The van der Waals surface area contributed by atoms with E-state index in [1.807, 2.05) is 53.1 Å². The molecule has 0 aliphatic carbocycles. The summed E-state index contributed by atoms with van der Waals surface area (Å²) in [5.74, 6) is 1.57. The van der Waals surface area contributed by atoms with Gasteiger partial charge in [-0.05, 0) is 49.2 Å². The van der Waals surface area contributed by atoms with Gasteiger partial charge in [0.2, 0.25) is 0 Å². The van der Waals surface area contributed by atoms with Crippen molar-refractivity contribution in [1.29, 1.82) is 0 Å². The molecule has 0 radical (unpaired) electrons. The van der Waals surface area contributed by atoms with Crippen LogP contribution in [0.5, 0.6) is 0 Å². The zero-order valence-corrected chi connectivity index (χ0v) is 17.3. The summed E-state index contributed by atoms with van der Waals surface area (Å²) in [5.41, 5.74) is 2.96. The summed E-state index contributed by atoms with van der Waals surface area (Å²) in [6.07, 6.45) is 6.44. The Bertz CT molecular complexity index is 1080. The van der Waals surface area contributed by atoms with E-state index in [0.29, 0.717) is 5.02 Å². The molecule has 148 valence electrons. The topological polar surface area (TPSA) is 57.2 Å². The van der Waals surface area contributed by atoms with E-state index in [0.717, 1.165) is 59.6 Å². The van der Waals surface area contributed by atoms with E-state index in [1.165, 1.54) is 0 Å². The predicted octanol–water partition coefficient (Wildman–Crippen LogP) is 4.72. The number of nitrogens with zero attached hydrogens (tertiary/aromatic N) is 5. The molecule has 1 saturated heterocycles. The quantitative estimate of drug-likeness (QED) is 0.418. The summed E-state index contributed by atoms with van der Waals surface area (Å²) < 4.78 is 10.1. The van der Waals surface area contributed by atoms with Crippen LogP contribution in [0.1, 0.15) is 18.5 Å². The van der Waals surface area contributed by atoms with Crippen LogP contribution in [0.4, 0.5) is 0 Å². The van der Waals surface area contributed by atoms with Gasteiger partial charge in [0.25, 0.3) is 0 Å². The summed E-state index contributed by atoms with van der Waals surface area (Å²) in [7, 11) is 0. The normalized spacial score (nSPS) is 16.7. The summed E-state index contributed by atoms with van der Waals surface area (Å²) in [5, 5.41) is 10.5. The Hall–Kier alpha value is -2.35. The van der Waals surface area contributed by atoms with Crippen LogP contribution in [0.15, 0.2) is 60.0 Å². The van der Waals surface area contributed by atoms with Crippen molar-refractivity contribution >= 4 is 29.0 Å². The molecule has 1 aliphatic heterocycles. The number of fused-ring (bicyclic) bond motifs is 1. The van der Waals surface area contributed by atoms with Gasteiger partial charge in [-0.3, -0.25) is 4.57 Å². The smallest absolute Gasteiger partial charge is 0.191 e. The van der Waals surface area contributed by atoms with Crippen molar-refractivity contribution in [2.24, 2.45) is 0 Å². The molecule has 1 fully saturated rings. The maximum absolute atomic E-state index is 6.06. The first kappa shape index (κ1) is 18.7. The number of hydrogen-bond donors (Lipinski definition) is 0. The zero-order chi connectivity index (χ0) is 19.6. The Balaban J connectivity index is 1.42. The van der Waals surface area contributed by atoms with E-state index in [9.17, 15) is 0 Å². The number of benzene rings is 1. The molecular formula is C21H20ClN5OS. The number of thioether (sulfide) groups is 1. The molecule has 3 aromatic heterocycles. The summed E-state index contributed by atoms with van der Waals surface area (Å²) in [6, 6.07) is 13.7. The minimum atomic E-state index is 0.201. The standard InChI is InChI=1S/C21H20ClN5OS/c22-16-8-6-15(7-9-16)20-24-25-21(27(20)13-18-4-3-11-28-18)29-14-17-12-26-10-2-1-5-19(26)23-17/h1-2,5-10,12,18H,3-4,11,13-14H2/t18-/m1/s1. The molecule has 0 N–H and O–H groups in total. The molecule has 0 saturated carbocycles. The molecule has 0 amide bonds. The second kappa shape index (κ2) is 8.18. The van der Waals surface area contributed by atoms with Crippen LogP contribution in [-0.2, 0) is 17.0 Å². The van der Waals surface area contributed by atoms with E-state index in [1.54, 1.807) is 11.8 Å². The maximum atomic E-state index is 6.06. The average Bonchev–Trinajstić information content (AvgIpc) is 3.47. The highest BCUT2D eigenvalue weighted by Crippen LogP contribution is 2.29. The highest BCUT2D eigenvalue weighted by molar-refractivity contribution is 7.98. The second-order valence-electron chi connectivity index (χ2n) is 7.05. The van der Waals surface area contributed by atoms with Crippen molar-refractivity contribution in [2.75, 3.05) is 6.61 Å². The van der Waals surface area contributed by atoms with Crippen LogP contribution >= 0.6 is 23.4 Å². The molecule has 5 rings (SSSR count).